The number of nitrogens with zero attached hydrogens (tertiary/aromatic N) is 6. The molecule has 3 aliphatic heterocycles. The molecular formula is C20H22N10O13P2-2. The number of aliphatic hydroxyl groups is 1. The van der Waals surface area contributed by atoms with Crippen LogP contribution in [0.1, 0.15) is 18.9 Å². The summed E-state index contributed by atoms with van der Waals surface area (Å²) >= 11 is 0. The molecule has 0 aromatic carbocycles. The van der Waals surface area contributed by atoms with Gasteiger partial charge in [-0.1, -0.05) is 0 Å². The molecule has 0 saturated carbocycles. The van der Waals surface area contributed by atoms with Crippen LogP contribution < -0.4 is 32.4 Å². The molecule has 3 aliphatic rings. The van der Waals surface area contributed by atoms with Gasteiger partial charge in [-0.05, 0) is 0 Å². The summed E-state index contributed by atoms with van der Waals surface area (Å²) in [7, 11) is -10.4. The Labute approximate surface area is 248 Å². The van der Waals surface area contributed by atoms with Crippen molar-refractivity contribution in [1.29, 1.82) is 0 Å². The Morgan fingerprint density at radius 1 is 0.844 bits per heavy atom. The third kappa shape index (κ3) is 5.47. The van der Waals surface area contributed by atoms with Gasteiger partial charge < -0.3 is 53.9 Å². The van der Waals surface area contributed by atoms with Crippen LogP contribution in [0.15, 0.2) is 22.2 Å². The van der Waals surface area contributed by atoms with Crippen LogP contribution in [-0.4, -0.2) is 87.9 Å². The van der Waals surface area contributed by atoms with Crippen molar-refractivity contribution in [3.8, 4) is 0 Å². The highest BCUT2D eigenvalue weighted by atomic mass is 31.2. The Bertz CT molecular complexity index is 2010. The van der Waals surface area contributed by atoms with Gasteiger partial charge >= 0.3 is 0 Å². The van der Waals surface area contributed by atoms with Crippen LogP contribution in [0.3, 0.4) is 0 Å². The van der Waals surface area contributed by atoms with Gasteiger partial charge in [-0.2, -0.15) is 9.97 Å². The van der Waals surface area contributed by atoms with Gasteiger partial charge in [-0.25, -0.2) is 9.97 Å². The lowest BCUT2D eigenvalue weighted by Crippen LogP contribution is -2.39. The Kier molecular flexibility index (Phi) is 7.18. The van der Waals surface area contributed by atoms with Gasteiger partial charge in [0.05, 0.1) is 32.0 Å². The van der Waals surface area contributed by atoms with E-state index in [1.807, 2.05) is 0 Å². The first-order valence-corrected chi connectivity index (χ1v) is 15.9. The highest BCUT2D eigenvalue weighted by Crippen LogP contribution is 2.50. The molecule has 9 atom stereocenters. The minimum Gasteiger partial charge on any atom is -0.756 e. The molecule has 0 bridgehead atoms. The van der Waals surface area contributed by atoms with Crippen LogP contribution in [0, 0.1) is 0 Å². The average molecular weight is 672 g/mol. The van der Waals surface area contributed by atoms with E-state index in [2.05, 4.69) is 29.9 Å². The Morgan fingerprint density at radius 2 is 1.40 bits per heavy atom. The number of phosphoric acid groups is 2. The van der Waals surface area contributed by atoms with Gasteiger partial charge in [0.2, 0.25) is 11.9 Å². The maximum atomic E-state index is 12.9. The van der Waals surface area contributed by atoms with E-state index in [0.717, 1.165) is 10.9 Å². The molecule has 3 fully saturated rings. The molecule has 3 saturated heterocycles. The number of aromatic nitrogens is 8. The molecule has 242 valence electrons. The van der Waals surface area contributed by atoms with Crippen LogP contribution >= 0.6 is 15.6 Å². The number of nitrogen functional groups attached to an aromatic ring is 2. The molecule has 0 aliphatic carbocycles. The number of anilines is 2. The quantitative estimate of drug-likeness (QED) is 0.130. The van der Waals surface area contributed by atoms with Crippen molar-refractivity contribution in [2.45, 2.75) is 49.4 Å². The van der Waals surface area contributed by atoms with E-state index in [-0.39, 0.29) is 40.6 Å². The number of rotatable bonds is 2. The van der Waals surface area contributed by atoms with Gasteiger partial charge in [-0.3, -0.25) is 37.8 Å². The van der Waals surface area contributed by atoms with E-state index >= 15 is 0 Å². The van der Waals surface area contributed by atoms with Crippen LogP contribution in [0.4, 0.5) is 11.9 Å². The number of phosphoric ester groups is 2. The van der Waals surface area contributed by atoms with E-state index in [0.29, 0.717) is 0 Å². The van der Waals surface area contributed by atoms with E-state index in [1.54, 1.807) is 0 Å². The number of aliphatic hydroxyl groups excluding tert-OH is 1. The number of H-pyrrole nitrogens is 2. The SMILES string of the molecule is Nc1nc2c(ncn2[C@@H]2O[C@@H]3COP(=O)([O-])O[C@@H]4C[C@H](n5cnc6c(=O)[nH]c(N)nc65)O[C@@H]4COP(=O)([O-])O[C@@H]3C2O)c(=O)[nH]1. The third-order valence-corrected chi connectivity index (χ3v) is 9.25. The van der Waals surface area contributed by atoms with Gasteiger partial charge in [0.25, 0.3) is 26.8 Å². The Hall–Kier alpha value is -3.60. The number of hydrogen-bond acceptors (Lipinski definition) is 19. The minimum absolute atomic E-state index is 0.0144. The summed E-state index contributed by atoms with van der Waals surface area (Å²) in [6.07, 6.45) is -8.24. The van der Waals surface area contributed by atoms with Crippen molar-refractivity contribution in [2.75, 3.05) is 24.7 Å². The summed E-state index contributed by atoms with van der Waals surface area (Å²) in [6.45, 7) is -1.66. The summed E-state index contributed by atoms with van der Waals surface area (Å²) in [5, 5.41) is 11.1. The van der Waals surface area contributed by atoms with Crippen LogP contribution in [0.2, 0.25) is 0 Å². The fraction of sp³-hybridized carbons (Fsp3) is 0.500. The topological polar surface area (TPSA) is 335 Å². The molecule has 7 N–H and O–H groups in total. The average Bonchev–Trinajstić information content (AvgIpc) is 3.71. The summed E-state index contributed by atoms with van der Waals surface area (Å²) in [5.74, 6) is -0.493. The van der Waals surface area contributed by atoms with E-state index in [4.69, 9.17) is 39.0 Å². The van der Waals surface area contributed by atoms with Gasteiger partial charge in [0.15, 0.2) is 28.6 Å². The van der Waals surface area contributed by atoms with Crippen LogP contribution in [-0.2, 0) is 36.7 Å². The number of ether oxygens (including phenoxy) is 2. The predicted molar refractivity (Wildman–Crippen MR) is 140 cm³/mol. The minimum atomic E-state index is -5.26. The first-order valence-electron chi connectivity index (χ1n) is 13.0. The summed E-state index contributed by atoms with van der Waals surface area (Å²) in [5.41, 5.74) is 9.58. The molecular weight excluding hydrogens is 650 g/mol. The molecule has 45 heavy (non-hydrogen) atoms. The fourth-order valence-electron chi connectivity index (χ4n) is 5.33. The monoisotopic (exact) mass is 672 g/mol. The first-order chi connectivity index (χ1) is 21.3. The van der Waals surface area contributed by atoms with Gasteiger partial charge in [0, 0.05) is 6.42 Å². The zero-order chi connectivity index (χ0) is 31.8. The molecule has 4 aromatic heterocycles. The van der Waals surface area contributed by atoms with E-state index in [9.17, 15) is 33.6 Å². The molecule has 0 amide bonds. The van der Waals surface area contributed by atoms with Crippen molar-refractivity contribution in [3.05, 3.63) is 33.4 Å². The predicted octanol–water partition coefficient (Wildman–Crippen LogP) is -3.28. The number of hydrogen-bond donors (Lipinski definition) is 5. The maximum absolute atomic E-state index is 12.9. The summed E-state index contributed by atoms with van der Waals surface area (Å²) < 4.78 is 60.3. The first kappa shape index (κ1) is 30.1. The zero-order valence-corrected chi connectivity index (χ0v) is 24.2. The lowest BCUT2D eigenvalue weighted by atomic mass is 10.1. The Morgan fingerprint density at radius 3 is 2.04 bits per heavy atom. The zero-order valence-electron chi connectivity index (χ0n) is 22.4. The Balaban J connectivity index is 1.16. The fourth-order valence-corrected chi connectivity index (χ4v) is 7.23. The van der Waals surface area contributed by atoms with Crippen molar-refractivity contribution in [1.82, 2.24) is 39.0 Å². The number of nitrogens with two attached hydrogens (primary N) is 2. The molecule has 25 heteroatoms. The normalized spacial score (nSPS) is 36.0. The second-order valence-electron chi connectivity index (χ2n) is 10.2. The van der Waals surface area contributed by atoms with Crippen LogP contribution in [0.25, 0.3) is 22.3 Å². The van der Waals surface area contributed by atoms with Gasteiger partial charge in [0.1, 0.15) is 30.6 Å². The molecule has 7 heterocycles. The standard InChI is InChI=1S/C20H24N10O13P2/c21-19-25-14-10(16(32)27-19)23-4-29(14)9-1-6-7(40-9)2-38-45(36,37)43-13-8(3-39-44(34,35)42-6)41-18(12(13)31)30-5-24-11-15(30)26-20(22)28-17(11)33/h4-9,12-13,18,31H,1-3H2,(H,34,35)(H,36,37)(H3,21,25,27,32)(H3,22,26,28,33)/p-2/t6-,7-,8-,9-,12?,13+,18-/m1/s1. The molecule has 0 radical (unpaired) electrons. The highest BCUT2D eigenvalue weighted by molar-refractivity contribution is 7.46. The molecule has 0 spiro atoms. The molecule has 3 unspecified atom stereocenters. The maximum Gasteiger partial charge on any atom is 0.280 e. The van der Waals surface area contributed by atoms with Gasteiger partial charge in [-0.15, -0.1) is 0 Å². The lowest BCUT2D eigenvalue weighted by Gasteiger charge is -2.34. The largest absolute Gasteiger partial charge is 0.756 e. The summed E-state index contributed by atoms with van der Waals surface area (Å²) in [6, 6.07) is 0. The number of aromatic amines is 2. The van der Waals surface area contributed by atoms with E-state index < -0.39 is 83.0 Å². The van der Waals surface area contributed by atoms with Crippen molar-refractivity contribution in [2.24, 2.45) is 0 Å². The van der Waals surface area contributed by atoms with Crippen LogP contribution in [0.5, 0.6) is 0 Å². The third-order valence-electron chi connectivity index (χ3n) is 7.28. The van der Waals surface area contributed by atoms with Crippen molar-refractivity contribution < 1.29 is 51.6 Å². The number of nitrogens with one attached hydrogen (secondary N) is 2. The number of imidazole rings is 2. The smallest absolute Gasteiger partial charge is 0.280 e. The lowest BCUT2D eigenvalue weighted by molar-refractivity contribution is -0.243. The second-order valence-corrected chi connectivity index (χ2v) is 12.9. The number of fused-ring (bicyclic) bond motifs is 4. The van der Waals surface area contributed by atoms with E-state index in [1.165, 1.54) is 10.9 Å². The second kappa shape index (κ2) is 10.7. The molecule has 7 rings (SSSR count). The molecule has 4 aromatic rings. The highest BCUT2D eigenvalue weighted by Gasteiger charge is 2.49. The van der Waals surface area contributed by atoms with Crippen molar-refractivity contribution >= 4 is 49.9 Å². The molecule has 23 nitrogen and oxygen atoms in total. The van der Waals surface area contributed by atoms with Crippen molar-refractivity contribution in [3.63, 3.8) is 0 Å². The summed E-state index contributed by atoms with van der Waals surface area (Å²) in [4.78, 5) is 70.7.